The molecule has 0 saturated carbocycles. The molecule has 1 nitrogen and oxygen atoms in total. The van der Waals surface area contributed by atoms with Crippen LogP contribution >= 0.6 is 0 Å². The maximum absolute atomic E-state index is 12.1. The van der Waals surface area contributed by atoms with Crippen LogP contribution in [0.5, 0.6) is 5.75 Å². The molecule has 0 heterocycles. The van der Waals surface area contributed by atoms with Gasteiger partial charge in [0.05, 0.1) is 0 Å². The van der Waals surface area contributed by atoms with Gasteiger partial charge in [0.25, 0.3) is 0 Å². The van der Waals surface area contributed by atoms with Crippen LogP contribution in [-0.4, -0.2) is 5.11 Å². The molecule has 0 fully saturated rings. The van der Waals surface area contributed by atoms with Crippen LogP contribution in [-0.2, 0) is 0 Å². The minimum Gasteiger partial charge on any atom is -0.505 e. The van der Waals surface area contributed by atoms with E-state index in [9.17, 15) is 8.78 Å². The van der Waals surface area contributed by atoms with E-state index in [-0.39, 0.29) is 0 Å². The average molecular weight is 160 g/mol. The lowest BCUT2D eigenvalue weighted by Gasteiger charge is -1.92. The van der Waals surface area contributed by atoms with Gasteiger partial charge in [-0.15, -0.1) is 0 Å². The Morgan fingerprint density at radius 2 is 1.73 bits per heavy atom. The molecule has 0 saturated heterocycles. The van der Waals surface area contributed by atoms with E-state index < -0.39 is 17.4 Å². The summed E-state index contributed by atoms with van der Waals surface area (Å²) in [5.74, 6) is -2.89. The van der Waals surface area contributed by atoms with Crippen molar-refractivity contribution in [2.45, 2.75) is 13.8 Å². The van der Waals surface area contributed by atoms with E-state index in [1.807, 2.05) is 13.8 Å². The summed E-state index contributed by atoms with van der Waals surface area (Å²) in [6, 6.07) is 3.25. The molecule has 0 bridgehead atoms. The highest BCUT2D eigenvalue weighted by molar-refractivity contribution is 5.22. The first-order valence-corrected chi connectivity index (χ1v) is 3.35. The van der Waals surface area contributed by atoms with Crippen molar-refractivity contribution in [1.29, 1.82) is 0 Å². The molecule has 0 aliphatic carbocycles. The Labute approximate surface area is 64.3 Å². The highest BCUT2D eigenvalue weighted by Crippen LogP contribution is 2.16. The van der Waals surface area contributed by atoms with Gasteiger partial charge in [0.2, 0.25) is 0 Å². The smallest absolute Gasteiger partial charge is 0.200 e. The molecule has 0 aliphatic heterocycles. The third kappa shape index (κ3) is 2.53. The fourth-order valence-corrected chi connectivity index (χ4v) is 0.492. The maximum Gasteiger partial charge on any atom is 0.200 e. The lowest BCUT2D eigenvalue weighted by atomic mass is 10.3. The zero-order chi connectivity index (χ0) is 8.85. The number of phenols is 1. The second-order valence-electron chi connectivity index (χ2n) is 1.57. The Bertz CT molecular complexity index is 203. The minimum absolute atomic E-state index is 0.657. The van der Waals surface area contributed by atoms with Crippen molar-refractivity contribution in [2.24, 2.45) is 0 Å². The first-order valence-electron chi connectivity index (χ1n) is 3.35. The number of phenolic OH excluding ortho intramolecular Hbond substituents is 1. The van der Waals surface area contributed by atoms with Crippen LogP contribution in [0, 0.1) is 11.6 Å². The van der Waals surface area contributed by atoms with Gasteiger partial charge in [-0.05, 0) is 12.1 Å². The van der Waals surface area contributed by atoms with Crippen molar-refractivity contribution >= 4 is 0 Å². The number of halogens is 2. The molecule has 1 aromatic carbocycles. The second kappa shape index (κ2) is 4.66. The van der Waals surface area contributed by atoms with Gasteiger partial charge in [0.1, 0.15) is 0 Å². The number of hydrogen-bond donors (Lipinski definition) is 1. The van der Waals surface area contributed by atoms with Crippen LogP contribution in [0.1, 0.15) is 13.8 Å². The Kier molecular flexibility index (Phi) is 4.18. The molecule has 1 rings (SSSR count). The largest absolute Gasteiger partial charge is 0.505 e. The van der Waals surface area contributed by atoms with Crippen LogP contribution in [0.15, 0.2) is 18.2 Å². The number of aromatic hydroxyl groups is 1. The first-order chi connectivity index (χ1) is 5.22. The van der Waals surface area contributed by atoms with E-state index in [0.717, 1.165) is 12.1 Å². The lowest BCUT2D eigenvalue weighted by molar-refractivity contribution is 0.407. The Morgan fingerprint density at radius 3 is 2.09 bits per heavy atom. The molecule has 0 aliphatic rings. The van der Waals surface area contributed by atoms with Crippen LogP contribution in [0.2, 0.25) is 0 Å². The molecule has 0 aromatic heterocycles. The molecule has 11 heavy (non-hydrogen) atoms. The summed E-state index contributed by atoms with van der Waals surface area (Å²) in [6.45, 7) is 4.00. The number of hydrogen-bond acceptors (Lipinski definition) is 1. The molecule has 0 amide bonds. The van der Waals surface area contributed by atoms with Gasteiger partial charge in [-0.3, -0.25) is 0 Å². The maximum atomic E-state index is 12.1. The predicted octanol–water partition coefficient (Wildman–Crippen LogP) is 2.70. The SMILES string of the molecule is CC.Oc1cccc(F)c1F. The van der Waals surface area contributed by atoms with Gasteiger partial charge in [-0.1, -0.05) is 19.9 Å². The summed E-state index contributed by atoms with van der Waals surface area (Å²) in [4.78, 5) is 0. The molecule has 0 radical (unpaired) electrons. The third-order valence-electron chi connectivity index (χ3n) is 0.931. The fourth-order valence-electron chi connectivity index (χ4n) is 0.492. The lowest BCUT2D eigenvalue weighted by Crippen LogP contribution is -1.81. The molecule has 0 spiro atoms. The van der Waals surface area contributed by atoms with Crippen molar-refractivity contribution in [3.63, 3.8) is 0 Å². The number of benzene rings is 1. The van der Waals surface area contributed by atoms with Gasteiger partial charge < -0.3 is 5.11 Å². The van der Waals surface area contributed by atoms with Crippen LogP contribution in [0.25, 0.3) is 0 Å². The zero-order valence-corrected chi connectivity index (χ0v) is 6.44. The molecule has 0 atom stereocenters. The average Bonchev–Trinajstić information content (AvgIpc) is 2.04. The van der Waals surface area contributed by atoms with Crippen LogP contribution in [0.3, 0.4) is 0 Å². The van der Waals surface area contributed by atoms with Gasteiger partial charge >= 0.3 is 0 Å². The van der Waals surface area contributed by atoms with Crippen molar-refractivity contribution in [3.05, 3.63) is 29.8 Å². The van der Waals surface area contributed by atoms with E-state index in [4.69, 9.17) is 5.11 Å². The summed E-state index contributed by atoms with van der Waals surface area (Å²) in [5.41, 5.74) is 0. The molecule has 0 unspecified atom stereocenters. The quantitative estimate of drug-likeness (QED) is 0.618. The topological polar surface area (TPSA) is 20.2 Å². The van der Waals surface area contributed by atoms with Gasteiger partial charge in [-0.25, -0.2) is 4.39 Å². The summed E-state index contributed by atoms with van der Waals surface area (Å²) in [7, 11) is 0. The van der Waals surface area contributed by atoms with E-state index in [2.05, 4.69) is 0 Å². The molecule has 3 heteroatoms. The predicted molar refractivity (Wildman–Crippen MR) is 39.4 cm³/mol. The Balaban J connectivity index is 0.000000461. The van der Waals surface area contributed by atoms with Gasteiger partial charge in [-0.2, -0.15) is 4.39 Å². The zero-order valence-electron chi connectivity index (χ0n) is 6.44. The monoisotopic (exact) mass is 160 g/mol. The second-order valence-corrected chi connectivity index (χ2v) is 1.57. The van der Waals surface area contributed by atoms with E-state index in [0.29, 0.717) is 0 Å². The summed E-state index contributed by atoms with van der Waals surface area (Å²) >= 11 is 0. The molecular formula is C8H10F2O. The van der Waals surface area contributed by atoms with Crippen molar-refractivity contribution < 1.29 is 13.9 Å². The van der Waals surface area contributed by atoms with Gasteiger partial charge in [0, 0.05) is 0 Å². The molecular weight excluding hydrogens is 150 g/mol. The standard InChI is InChI=1S/C6H4F2O.C2H6/c7-4-2-1-3-5(9)6(4)8;1-2/h1-3,9H;1-2H3. The van der Waals surface area contributed by atoms with E-state index in [1.165, 1.54) is 6.07 Å². The van der Waals surface area contributed by atoms with Crippen LogP contribution < -0.4 is 0 Å². The van der Waals surface area contributed by atoms with Gasteiger partial charge in [0.15, 0.2) is 17.4 Å². The van der Waals surface area contributed by atoms with Crippen molar-refractivity contribution in [1.82, 2.24) is 0 Å². The molecule has 62 valence electrons. The van der Waals surface area contributed by atoms with Crippen molar-refractivity contribution in [3.8, 4) is 5.75 Å². The van der Waals surface area contributed by atoms with E-state index in [1.54, 1.807) is 0 Å². The highest BCUT2D eigenvalue weighted by Gasteiger charge is 2.03. The van der Waals surface area contributed by atoms with Crippen molar-refractivity contribution in [2.75, 3.05) is 0 Å². The first kappa shape index (κ1) is 9.88. The summed E-state index contributed by atoms with van der Waals surface area (Å²) in [5, 5.41) is 8.49. The Hall–Kier alpha value is -1.12. The minimum atomic E-state index is -1.20. The van der Waals surface area contributed by atoms with Crippen LogP contribution in [0.4, 0.5) is 8.78 Å². The Morgan fingerprint density at radius 1 is 1.18 bits per heavy atom. The molecule has 1 N–H and O–H groups in total. The highest BCUT2D eigenvalue weighted by atomic mass is 19.2. The molecule has 1 aromatic rings. The summed E-state index contributed by atoms with van der Waals surface area (Å²) in [6.07, 6.45) is 0. The number of rotatable bonds is 0. The normalized spacial score (nSPS) is 8.36. The summed E-state index contributed by atoms with van der Waals surface area (Å²) < 4.78 is 24.2. The fraction of sp³-hybridized carbons (Fsp3) is 0.250. The third-order valence-corrected chi connectivity index (χ3v) is 0.931. The van der Waals surface area contributed by atoms with E-state index >= 15 is 0 Å².